The van der Waals surface area contributed by atoms with Gasteiger partial charge in [-0.05, 0) is 18.9 Å². The van der Waals surface area contributed by atoms with Crippen LogP contribution in [0.2, 0.25) is 0 Å². The van der Waals surface area contributed by atoms with Gasteiger partial charge in [0.1, 0.15) is 11.3 Å². The first-order valence-corrected chi connectivity index (χ1v) is 4.86. The molecule has 15 heavy (non-hydrogen) atoms. The van der Waals surface area contributed by atoms with Crippen molar-refractivity contribution in [2.45, 2.75) is 25.5 Å². The SMILES string of the molecule is NCc1nccc(OC2CC2)c1C(N)=O. The van der Waals surface area contributed by atoms with Crippen LogP contribution in [0.4, 0.5) is 0 Å². The van der Waals surface area contributed by atoms with E-state index in [0.717, 1.165) is 12.8 Å². The quantitative estimate of drug-likeness (QED) is 0.736. The molecule has 1 aromatic heterocycles. The molecule has 0 aliphatic heterocycles. The number of carbonyl (C=O) groups excluding carboxylic acids is 1. The number of hydrogen-bond donors (Lipinski definition) is 2. The minimum atomic E-state index is -0.542. The van der Waals surface area contributed by atoms with Gasteiger partial charge in [-0.1, -0.05) is 0 Å². The molecule has 80 valence electrons. The maximum atomic E-state index is 11.3. The molecule has 1 saturated carbocycles. The molecule has 0 spiro atoms. The zero-order valence-electron chi connectivity index (χ0n) is 8.27. The maximum Gasteiger partial charge on any atom is 0.254 e. The van der Waals surface area contributed by atoms with Crippen LogP contribution in [0.25, 0.3) is 0 Å². The van der Waals surface area contributed by atoms with Crippen LogP contribution in [0.1, 0.15) is 28.9 Å². The van der Waals surface area contributed by atoms with Crippen LogP contribution < -0.4 is 16.2 Å². The van der Waals surface area contributed by atoms with Gasteiger partial charge in [-0.25, -0.2) is 0 Å². The molecule has 1 aromatic rings. The third kappa shape index (κ3) is 2.07. The highest BCUT2D eigenvalue weighted by molar-refractivity contribution is 5.96. The average Bonchev–Trinajstić information content (AvgIpc) is 3.01. The summed E-state index contributed by atoms with van der Waals surface area (Å²) in [5.74, 6) is -0.0420. The van der Waals surface area contributed by atoms with Gasteiger partial charge >= 0.3 is 0 Å². The molecule has 1 aliphatic rings. The molecule has 0 bridgehead atoms. The van der Waals surface area contributed by atoms with E-state index in [4.69, 9.17) is 16.2 Å². The van der Waals surface area contributed by atoms with Crippen LogP contribution in [0.3, 0.4) is 0 Å². The summed E-state index contributed by atoms with van der Waals surface area (Å²) in [5, 5.41) is 0. The standard InChI is InChI=1S/C10H13N3O2/c11-5-7-9(10(12)14)8(3-4-13-7)15-6-1-2-6/h3-4,6H,1-2,5,11H2,(H2,12,14). The third-order valence-corrected chi connectivity index (χ3v) is 2.25. The fourth-order valence-corrected chi connectivity index (χ4v) is 1.37. The fraction of sp³-hybridized carbons (Fsp3) is 0.400. The normalized spacial score (nSPS) is 15.0. The van der Waals surface area contributed by atoms with Crippen LogP contribution in [0, 0.1) is 0 Å². The zero-order valence-corrected chi connectivity index (χ0v) is 8.27. The molecule has 1 amide bonds. The van der Waals surface area contributed by atoms with Gasteiger partial charge in [0.2, 0.25) is 0 Å². The Balaban J connectivity index is 2.37. The lowest BCUT2D eigenvalue weighted by Crippen LogP contribution is -2.18. The first kappa shape index (κ1) is 9.92. The average molecular weight is 207 g/mol. The second-order valence-corrected chi connectivity index (χ2v) is 3.52. The summed E-state index contributed by atoms with van der Waals surface area (Å²) in [6.07, 6.45) is 3.85. The summed E-state index contributed by atoms with van der Waals surface area (Å²) in [6.45, 7) is 0.181. The van der Waals surface area contributed by atoms with Gasteiger partial charge in [-0.2, -0.15) is 0 Å². The van der Waals surface area contributed by atoms with Crippen molar-refractivity contribution in [1.29, 1.82) is 0 Å². The van der Waals surface area contributed by atoms with Crippen LogP contribution in [0.15, 0.2) is 12.3 Å². The number of nitrogens with two attached hydrogens (primary N) is 2. The number of aromatic nitrogens is 1. The van der Waals surface area contributed by atoms with E-state index in [1.165, 1.54) is 0 Å². The topological polar surface area (TPSA) is 91.2 Å². The van der Waals surface area contributed by atoms with E-state index in [9.17, 15) is 4.79 Å². The molecule has 0 aromatic carbocycles. The number of primary amides is 1. The summed E-state index contributed by atoms with van der Waals surface area (Å²) < 4.78 is 5.56. The lowest BCUT2D eigenvalue weighted by Gasteiger charge is -2.10. The lowest BCUT2D eigenvalue weighted by molar-refractivity contribution is 0.0994. The van der Waals surface area contributed by atoms with Crippen molar-refractivity contribution in [3.8, 4) is 5.75 Å². The van der Waals surface area contributed by atoms with E-state index in [1.807, 2.05) is 0 Å². The van der Waals surface area contributed by atoms with Crippen molar-refractivity contribution in [2.24, 2.45) is 11.5 Å². The Morgan fingerprint density at radius 3 is 2.87 bits per heavy atom. The van der Waals surface area contributed by atoms with Crippen LogP contribution >= 0.6 is 0 Å². The smallest absolute Gasteiger partial charge is 0.254 e. The Labute approximate surface area is 87.4 Å². The number of carbonyl (C=O) groups is 1. The van der Waals surface area contributed by atoms with Crippen molar-refractivity contribution in [3.05, 3.63) is 23.5 Å². The summed E-state index contributed by atoms with van der Waals surface area (Å²) >= 11 is 0. The third-order valence-electron chi connectivity index (χ3n) is 2.25. The Hall–Kier alpha value is -1.62. The van der Waals surface area contributed by atoms with Gasteiger partial charge in [0.25, 0.3) is 5.91 Å². The highest BCUT2D eigenvalue weighted by Crippen LogP contribution is 2.29. The van der Waals surface area contributed by atoms with Gasteiger partial charge < -0.3 is 16.2 Å². The summed E-state index contributed by atoms with van der Waals surface area (Å²) in [5.41, 5.74) is 11.5. The van der Waals surface area contributed by atoms with Crippen molar-refractivity contribution in [3.63, 3.8) is 0 Å². The number of rotatable bonds is 4. The second-order valence-electron chi connectivity index (χ2n) is 3.52. The fourth-order valence-electron chi connectivity index (χ4n) is 1.37. The van der Waals surface area contributed by atoms with E-state index in [2.05, 4.69) is 4.98 Å². The zero-order chi connectivity index (χ0) is 10.8. The predicted octanol–water partition coefficient (Wildman–Crippen LogP) is 0.180. The van der Waals surface area contributed by atoms with Gasteiger partial charge in [-0.3, -0.25) is 9.78 Å². The van der Waals surface area contributed by atoms with Gasteiger partial charge in [0, 0.05) is 12.7 Å². The van der Waals surface area contributed by atoms with Crippen molar-refractivity contribution in [1.82, 2.24) is 4.98 Å². The van der Waals surface area contributed by atoms with Crippen LogP contribution in [-0.2, 0) is 6.54 Å². The number of amides is 1. The van der Waals surface area contributed by atoms with Gasteiger partial charge in [-0.15, -0.1) is 0 Å². The van der Waals surface area contributed by atoms with Gasteiger partial charge in [0.15, 0.2) is 0 Å². The molecule has 0 saturated heterocycles. The molecule has 1 fully saturated rings. The molecule has 1 aliphatic carbocycles. The molecular weight excluding hydrogens is 194 g/mol. The van der Waals surface area contributed by atoms with E-state index < -0.39 is 5.91 Å². The molecular formula is C10H13N3O2. The Bertz CT molecular complexity index is 388. The summed E-state index contributed by atoms with van der Waals surface area (Å²) in [6, 6.07) is 1.65. The van der Waals surface area contributed by atoms with E-state index in [-0.39, 0.29) is 12.6 Å². The molecule has 1 heterocycles. The number of pyridine rings is 1. The van der Waals surface area contributed by atoms with Crippen LogP contribution in [-0.4, -0.2) is 17.0 Å². The van der Waals surface area contributed by atoms with Crippen molar-refractivity contribution >= 4 is 5.91 Å². The Morgan fingerprint density at radius 1 is 1.60 bits per heavy atom. The number of nitrogens with zero attached hydrogens (tertiary/aromatic N) is 1. The molecule has 0 atom stereocenters. The monoisotopic (exact) mass is 207 g/mol. The molecule has 2 rings (SSSR count). The Morgan fingerprint density at radius 2 is 2.33 bits per heavy atom. The molecule has 5 heteroatoms. The van der Waals surface area contributed by atoms with Gasteiger partial charge in [0.05, 0.1) is 11.8 Å². The first-order valence-electron chi connectivity index (χ1n) is 4.86. The van der Waals surface area contributed by atoms with E-state index in [1.54, 1.807) is 12.3 Å². The lowest BCUT2D eigenvalue weighted by atomic mass is 10.1. The molecule has 4 N–H and O–H groups in total. The van der Waals surface area contributed by atoms with Crippen LogP contribution in [0.5, 0.6) is 5.75 Å². The largest absolute Gasteiger partial charge is 0.489 e. The van der Waals surface area contributed by atoms with E-state index >= 15 is 0 Å². The molecule has 0 unspecified atom stereocenters. The predicted molar refractivity (Wildman–Crippen MR) is 54.3 cm³/mol. The molecule has 0 radical (unpaired) electrons. The highest BCUT2D eigenvalue weighted by atomic mass is 16.5. The van der Waals surface area contributed by atoms with E-state index in [0.29, 0.717) is 17.0 Å². The molecule has 5 nitrogen and oxygen atoms in total. The minimum absolute atomic E-state index is 0.181. The summed E-state index contributed by atoms with van der Waals surface area (Å²) in [7, 11) is 0. The highest BCUT2D eigenvalue weighted by Gasteiger charge is 2.26. The number of hydrogen-bond acceptors (Lipinski definition) is 4. The number of ether oxygens (including phenoxy) is 1. The minimum Gasteiger partial charge on any atom is -0.489 e. The Kier molecular flexibility index (Phi) is 2.55. The second kappa shape index (κ2) is 3.86. The first-order chi connectivity index (χ1) is 7.22. The summed E-state index contributed by atoms with van der Waals surface area (Å²) in [4.78, 5) is 15.3. The maximum absolute atomic E-state index is 11.3. The van der Waals surface area contributed by atoms with Crippen molar-refractivity contribution in [2.75, 3.05) is 0 Å². The van der Waals surface area contributed by atoms with Crippen molar-refractivity contribution < 1.29 is 9.53 Å².